The van der Waals surface area contributed by atoms with Crippen molar-refractivity contribution in [3.05, 3.63) is 0 Å². The Hall–Kier alpha value is -1.67. The molecule has 0 aromatic rings. The van der Waals surface area contributed by atoms with Crippen molar-refractivity contribution in [2.75, 3.05) is 6.54 Å². The van der Waals surface area contributed by atoms with E-state index in [-0.39, 0.29) is 6.42 Å². The lowest BCUT2D eigenvalue weighted by Crippen LogP contribution is -2.29. The zero-order chi connectivity index (χ0) is 22.5. The minimum atomic E-state index is -1.23. The van der Waals surface area contributed by atoms with Crippen LogP contribution < -0.4 is 11.5 Å². The third-order valence-corrected chi connectivity index (χ3v) is 4.73. The Morgan fingerprint density at radius 3 is 1.45 bits per heavy atom. The summed E-state index contributed by atoms with van der Waals surface area (Å²) in [5.74, 6) is -4.60. The predicted octanol–water partition coefficient (Wildman–Crippen LogP) is 3.61. The molecule has 0 saturated carbocycles. The number of nitrogens with two attached hydrogens (primary N) is 2. The van der Waals surface area contributed by atoms with E-state index in [1.54, 1.807) is 0 Å². The largest absolute Gasteiger partial charge is 0.481 e. The third-order valence-electron chi connectivity index (χ3n) is 4.73. The predicted molar refractivity (Wildman–Crippen MR) is 114 cm³/mol. The van der Waals surface area contributed by atoms with Gasteiger partial charge in [-0.2, -0.15) is 0 Å². The van der Waals surface area contributed by atoms with E-state index >= 15 is 0 Å². The molecule has 0 unspecified atom stereocenters. The van der Waals surface area contributed by atoms with Gasteiger partial charge in [-0.05, 0) is 25.8 Å². The Labute approximate surface area is 175 Å². The van der Waals surface area contributed by atoms with Crippen LogP contribution in [0.4, 0.5) is 0 Å². The second kappa shape index (κ2) is 21.0. The van der Waals surface area contributed by atoms with Gasteiger partial charge in [0.25, 0.3) is 0 Å². The molecule has 0 aliphatic carbocycles. The molecule has 0 rings (SSSR count). The number of carbonyl (C=O) groups is 3. The molecule has 0 radical (unpaired) electrons. The highest BCUT2D eigenvalue weighted by molar-refractivity contribution is 5.92. The molecule has 0 amide bonds. The van der Waals surface area contributed by atoms with E-state index < -0.39 is 29.9 Å². The van der Waals surface area contributed by atoms with Gasteiger partial charge in [0.2, 0.25) is 0 Å². The van der Waals surface area contributed by atoms with E-state index in [1.807, 2.05) is 0 Å². The van der Waals surface area contributed by atoms with Crippen LogP contribution in [0.3, 0.4) is 0 Å². The second-order valence-electron chi connectivity index (χ2n) is 7.43. The van der Waals surface area contributed by atoms with Crippen molar-refractivity contribution in [1.29, 1.82) is 0 Å². The average Bonchev–Trinajstić information content (AvgIpc) is 2.66. The van der Waals surface area contributed by atoms with Crippen LogP contribution >= 0.6 is 0 Å². The van der Waals surface area contributed by atoms with Crippen molar-refractivity contribution >= 4 is 17.9 Å². The molecule has 0 bridgehead atoms. The van der Waals surface area contributed by atoms with Gasteiger partial charge < -0.3 is 26.8 Å². The first-order chi connectivity index (χ1) is 13.8. The quantitative estimate of drug-likeness (QED) is 0.166. The molecule has 0 spiro atoms. The molecular weight excluding hydrogens is 376 g/mol. The maximum atomic E-state index is 10.7. The number of carboxylic acids is 3. The Morgan fingerprint density at radius 2 is 1.07 bits per heavy atom. The molecule has 0 saturated heterocycles. The van der Waals surface area contributed by atoms with E-state index in [0.29, 0.717) is 19.4 Å². The summed E-state index contributed by atoms with van der Waals surface area (Å²) in [5, 5.41) is 25.7. The lowest BCUT2D eigenvalue weighted by atomic mass is 10.00. The number of unbranched alkanes of at least 4 members (excludes halogenated alkanes) is 10. The smallest absolute Gasteiger partial charge is 0.320 e. The Balaban J connectivity index is 0. The topological polar surface area (TPSA) is 164 Å². The monoisotopic (exact) mass is 418 g/mol. The number of carboxylic acid groups (broad SMARTS) is 3. The number of aliphatic carboxylic acids is 3. The van der Waals surface area contributed by atoms with Crippen LogP contribution in [0.25, 0.3) is 0 Å². The molecule has 8 heteroatoms. The van der Waals surface area contributed by atoms with Crippen molar-refractivity contribution in [1.82, 2.24) is 0 Å². The first kappa shape index (κ1) is 29.5. The Kier molecular flexibility index (Phi) is 21.4. The van der Waals surface area contributed by atoms with Gasteiger partial charge in [-0.25, -0.2) is 0 Å². The first-order valence-electron chi connectivity index (χ1n) is 10.9. The number of hydrogen-bond acceptors (Lipinski definition) is 5. The second-order valence-corrected chi connectivity index (χ2v) is 7.43. The van der Waals surface area contributed by atoms with Gasteiger partial charge in [-0.3, -0.25) is 14.4 Å². The van der Waals surface area contributed by atoms with Crippen LogP contribution in [0.15, 0.2) is 0 Å². The summed E-state index contributed by atoms with van der Waals surface area (Å²) >= 11 is 0. The van der Waals surface area contributed by atoms with Gasteiger partial charge in [0, 0.05) is 0 Å². The molecule has 1 atom stereocenters. The molecule has 0 aromatic heterocycles. The lowest BCUT2D eigenvalue weighted by molar-refractivity contribution is -0.154. The van der Waals surface area contributed by atoms with Crippen molar-refractivity contribution in [2.24, 2.45) is 17.4 Å². The van der Waals surface area contributed by atoms with Gasteiger partial charge in [0.05, 0.1) is 0 Å². The molecule has 172 valence electrons. The van der Waals surface area contributed by atoms with Gasteiger partial charge in [-0.15, -0.1) is 0 Å². The summed E-state index contributed by atoms with van der Waals surface area (Å²) in [6, 6.07) is -0.716. The molecule has 0 heterocycles. The van der Waals surface area contributed by atoms with E-state index in [1.165, 1.54) is 44.9 Å². The van der Waals surface area contributed by atoms with Crippen molar-refractivity contribution in [2.45, 2.75) is 103 Å². The molecule has 0 aliphatic heterocycles. The SMILES string of the molecule is CCCCCCCCCCCCC(C(=O)O)C(=O)O.NCCCC[C@H](N)C(=O)O. The first-order valence-corrected chi connectivity index (χ1v) is 10.9. The van der Waals surface area contributed by atoms with E-state index in [9.17, 15) is 14.4 Å². The number of hydrogen-bond donors (Lipinski definition) is 5. The summed E-state index contributed by atoms with van der Waals surface area (Å²) in [7, 11) is 0. The van der Waals surface area contributed by atoms with Gasteiger partial charge in [-0.1, -0.05) is 77.6 Å². The summed E-state index contributed by atoms with van der Waals surface area (Å²) in [4.78, 5) is 31.4. The Morgan fingerprint density at radius 1 is 0.655 bits per heavy atom. The fourth-order valence-corrected chi connectivity index (χ4v) is 2.82. The van der Waals surface area contributed by atoms with Crippen molar-refractivity contribution in [3.8, 4) is 0 Å². The van der Waals surface area contributed by atoms with Gasteiger partial charge >= 0.3 is 17.9 Å². The maximum absolute atomic E-state index is 10.7. The zero-order valence-corrected chi connectivity index (χ0v) is 18.0. The van der Waals surface area contributed by atoms with Crippen LogP contribution in [-0.2, 0) is 14.4 Å². The van der Waals surface area contributed by atoms with Gasteiger partial charge in [0.1, 0.15) is 6.04 Å². The fraction of sp³-hybridized carbons (Fsp3) is 0.857. The molecule has 8 nitrogen and oxygen atoms in total. The zero-order valence-electron chi connectivity index (χ0n) is 18.0. The van der Waals surface area contributed by atoms with E-state index in [4.69, 9.17) is 26.8 Å². The van der Waals surface area contributed by atoms with Crippen LogP contribution in [0.2, 0.25) is 0 Å². The average molecular weight is 419 g/mol. The molecular formula is C21H42N2O6. The number of rotatable bonds is 18. The summed E-state index contributed by atoms with van der Waals surface area (Å²) in [6.45, 7) is 2.81. The summed E-state index contributed by atoms with van der Waals surface area (Å²) in [5.41, 5.74) is 10.4. The molecule has 29 heavy (non-hydrogen) atoms. The van der Waals surface area contributed by atoms with E-state index in [0.717, 1.165) is 25.7 Å². The highest BCUT2D eigenvalue weighted by Gasteiger charge is 2.24. The van der Waals surface area contributed by atoms with Crippen molar-refractivity contribution < 1.29 is 29.7 Å². The Bertz CT molecular complexity index is 417. The van der Waals surface area contributed by atoms with Crippen LogP contribution in [-0.4, -0.2) is 45.8 Å². The van der Waals surface area contributed by atoms with Crippen LogP contribution in [0.5, 0.6) is 0 Å². The summed E-state index contributed by atoms with van der Waals surface area (Å²) in [6.07, 6.45) is 14.1. The molecule has 0 fully saturated rings. The minimum Gasteiger partial charge on any atom is -0.481 e. The lowest BCUT2D eigenvalue weighted by Gasteiger charge is -2.06. The fourth-order valence-electron chi connectivity index (χ4n) is 2.82. The maximum Gasteiger partial charge on any atom is 0.320 e. The highest BCUT2D eigenvalue weighted by Crippen LogP contribution is 2.14. The minimum absolute atomic E-state index is 0.251. The molecule has 7 N–H and O–H groups in total. The van der Waals surface area contributed by atoms with Crippen molar-refractivity contribution in [3.63, 3.8) is 0 Å². The van der Waals surface area contributed by atoms with E-state index in [2.05, 4.69) is 6.92 Å². The van der Waals surface area contributed by atoms with Gasteiger partial charge in [0.15, 0.2) is 5.92 Å². The highest BCUT2D eigenvalue weighted by atomic mass is 16.4. The summed E-state index contributed by atoms with van der Waals surface area (Å²) < 4.78 is 0. The molecule has 0 aromatic carbocycles. The van der Waals surface area contributed by atoms with Crippen LogP contribution in [0.1, 0.15) is 96.8 Å². The van der Waals surface area contributed by atoms with Crippen LogP contribution in [0, 0.1) is 5.92 Å². The normalized spacial score (nSPS) is 11.6. The molecule has 0 aliphatic rings. The standard InChI is InChI=1S/C15H28O4.C6H14N2O2/c1-2-3-4-5-6-7-8-9-10-11-12-13(14(16)17)15(18)19;7-4-2-1-3-5(8)6(9)10/h13H,2-12H2,1H3,(H,16,17)(H,18,19);5H,1-4,7-8H2,(H,9,10)/t;5-/m.0/s1. The third kappa shape index (κ3) is 20.9.